The molecule has 1 fully saturated rings. The number of ether oxygens (including phenoxy) is 2. The maximum absolute atomic E-state index is 14.2. The van der Waals surface area contributed by atoms with Crippen molar-refractivity contribution in [2.75, 3.05) is 6.26 Å². The summed E-state index contributed by atoms with van der Waals surface area (Å²) in [6, 6.07) is 14.5. The van der Waals surface area contributed by atoms with Crippen LogP contribution in [-0.2, 0) is 14.3 Å². The molecule has 1 saturated carbocycles. The molecule has 3 atom stereocenters. The van der Waals surface area contributed by atoms with Crippen LogP contribution in [0.2, 0.25) is 0 Å². The summed E-state index contributed by atoms with van der Waals surface area (Å²) in [6.07, 6.45) is 3.65. The van der Waals surface area contributed by atoms with E-state index >= 15 is 0 Å². The number of esters is 1. The molecule has 0 spiro atoms. The molecule has 0 N–H and O–H groups in total. The van der Waals surface area contributed by atoms with Gasteiger partial charge in [0.15, 0.2) is 11.6 Å². The number of carbonyl (C=O) groups is 2. The van der Waals surface area contributed by atoms with Gasteiger partial charge in [0.2, 0.25) is 11.2 Å². The monoisotopic (exact) mass is 439 g/mol. The van der Waals surface area contributed by atoms with Crippen LogP contribution in [0, 0.1) is 34.4 Å². The quantitative estimate of drug-likeness (QED) is 0.422. The van der Waals surface area contributed by atoms with Crippen molar-refractivity contribution in [3.05, 3.63) is 72.1 Å². The van der Waals surface area contributed by atoms with Crippen molar-refractivity contribution < 1.29 is 23.5 Å². The molecule has 5 nitrogen and oxygen atoms in total. The summed E-state index contributed by atoms with van der Waals surface area (Å²) in [5, 5.41) is 9.47. The second-order valence-corrected chi connectivity index (χ2v) is 8.57. The molecule has 3 rings (SSSR count). The number of rotatable bonds is 7. The van der Waals surface area contributed by atoms with E-state index in [1.807, 2.05) is 26.0 Å². The molecule has 1 unspecified atom stereocenters. The second kappa shape index (κ2) is 9.36. The predicted molar refractivity (Wildman–Crippen MR) is 116 cm³/mol. The number of hydrogen-bond donors (Lipinski definition) is 0. The van der Waals surface area contributed by atoms with Gasteiger partial charge in [0.05, 0.1) is 5.92 Å². The maximum atomic E-state index is 14.2. The Morgan fingerprint density at radius 3 is 2.58 bits per heavy atom. The number of thioether (sulfide) groups is 1. The van der Waals surface area contributed by atoms with E-state index in [-0.39, 0.29) is 22.2 Å². The van der Waals surface area contributed by atoms with E-state index in [1.54, 1.807) is 36.6 Å². The first-order valence-corrected chi connectivity index (χ1v) is 10.9. The van der Waals surface area contributed by atoms with Crippen LogP contribution >= 0.6 is 11.8 Å². The molecule has 0 heterocycles. The van der Waals surface area contributed by atoms with Crippen LogP contribution in [0.1, 0.15) is 25.5 Å². The normalized spacial score (nSPS) is 20.0. The van der Waals surface area contributed by atoms with Crippen molar-refractivity contribution >= 4 is 22.8 Å². The molecule has 2 aromatic rings. The largest absolute Gasteiger partial charge is 0.454 e. The van der Waals surface area contributed by atoms with E-state index in [0.29, 0.717) is 11.3 Å². The van der Waals surface area contributed by atoms with Gasteiger partial charge in [-0.2, -0.15) is 5.26 Å². The van der Waals surface area contributed by atoms with Crippen LogP contribution in [0.25, 0.3) is 0 Å². The highest BCUT2D eigenvalue weighted by Crippen LogP contribution is 2.59. The minimum atomic E-state index is -1.21. The van der Waals surface area contributed by atoms with Gasteiger partial charge in [-0.25, -0.2) is 4.39 Å². The Balaban J connectivity index is 1.73. The Morgan fingerprint density at radius 2 is 1.94 bits per heavy atom. The number of hydrogen-bond acceptors (Lipinski definition) is 6. The summed E-state index contributed by atoms with van der Waals surface area (Å²) in [5.41, 5.74) is -0.0669. The first-order chi connectivity index (χ1) is 14.8. The number of benzene rings is 2. The number of carbonyl (C=O) groups excluding carboxylic acids is 2. The van der Waals surface area contributed by atoms with E-state index < -0.39 is 23.8 Å². The average Bonchev–Trinajstić information content (AvgIpc) is 3.32. The van der Waals surface area contributed by atoms with Crippen LogP contribution in [0.3, 0.4) is 0 Å². The lowest BCUT2D eigenvalue weighted by Gasteiger charge is -2.14. The van der Waals surface area contributed by atoms with Gasteiger partial charge in [-0.15, -0.1) is 0 Å². The van der Waals surface area contributed by atoms with Crippen LogP contribution in [-0.4, -0.2) is 17.3 Å². The molecule has 0 radical (unpaired) electrons. The van der Waals surface area contributed by atoms with Crippen molar-refractivity contribution in [2.45, 2.75) is 20.0 Å². The van der Waals surface area contributed by atoms with Crippen LogP contribution in [0.5, 0.6) is 11.5 Å². The maximum Gasteiger partial charge on any atom is 0.311 e. The number of allylic oxidation sites excluding steroid dienone is 1. The van der Waals surface area contributed by atoms with Crippen molar-refractivity contribution in [3.8, 4) is 17.6 Å². The summed E-state index contributed by atoms with van der Waals surface area (Å²) in [5.74, 6) is -1.36. The molecule has 160 valence electrons. The summed E-state index contributed by atoms with van der Waals surface area (Å²) in [7, 11) is 0. The van der Waals surface area contributed by atoms with Crippen molar-refractivity contribution in [1.29, 1.82) is 5.26 Å². The molecule has 0 bridgehead atoms. The average molecular weight is 440 g/mol. The Kier molecular flexibility index (Phi) is 6.81. The number of nitriles is 1. The number of para-hydroxylation sites is 1. The first-order valence-electron chi connectivity index (χ1n) is 9.66. The van der Waals surface area contributed by atoms with Gasteiger partial charge in [0.25, 0.3) is 0 Å². The van der Waals surface area contributed by atoms with Gasteiger partial charge in [-0.05, 0) is 47.9 Å². The highest BCUT2D eigenvalue weighted by molar-refractivity contribution is 8.13. The molecule has 0 aromatic heterocycles. The van der Waals surface area contributed by atoms with E-state index in [9.17, 15) is 19.2 Å². The first kappa shape index (κ1) is 22.6. The van der Waals surface area contributed by atoms with Gasteiger partial charge in [0, 0.05) is 5.56 Å². The summed E-state index contributed by atoms with van der Waals surface area (Å²) >= 11 is 1.09. The van der Waals surface area contributed by atoms with Crippen LogP contribution in [0.4, 0.5) is 4.39 Å². The van der Waals surface area contributed by atoms with Gasteiger partial charge >= 0.3 is 5.97 Å². The molecule has 0 aliphatic heterocycles. The fourth-order valence-corrected chi connectivity index (χ4v) is 3.69. The SMILES string of the molecule is CSC(=O)C=C[C@H]1[C@@H](C(=O)OC(C#N)c2ccc(F)c(Oc3ccccc3)c2)C1(C)C. The topological polar surface area (TPSA) is 76.4 Å². The molecule has 0 saturated heterocycles. The minimum Gasteiger partial charge on any atom is -0.454 e. The van der Waals surface area contributed by atoms with Gasteiger partial charge in [-0.1, -0.05) is 56.0 Å². The summed E-state index contributed by atoms with van der Waals surface area (Å²) in [4.78, 5) is 24.2. The zero-order valence-electron chi connectivity index (χ0n) is 17.4. The third kappa shape index (κ3) is 5.15. The Bertz CT molecular complexity index is 1050. The Labute approximate surface area is 184 Å². The number of nitrogens with zero attached hydrogens (tertiary/aromatic N) is 1. The third-order valence-corrected chi connectivity index (χ3v) is 5.92. The van der Waals surface area contributed by atoms with Crippen LogP contribution in [0.15, 0.2) is 60.7 Å². The van der Waals surface area contributed by atoms with Crippen LogP contribution < -0.4 is 4.74 Å². The van der Waals surface area contributed by atoms with Gasteiger partial charge in [-0.3, -0.25) is 9.59 Å². The lowest BCUT2D eigenvalue weighted by Crippen LogP contribution is -2.14. The third-order valence-electron chi connectivity index (χ3n) is 5.39. The lowest BCUT2D eigenvalue weighted by molar-refractivity contribution is -0.149. The highest BCUT2D eigenvalue weighted by atomic mass is 32.2. The fourth-order valence-electron chi connectivity index (χ4n) is 3.47. The molecule has 31 heavy (non-hydrogen) atoms. The molecule has 7 heteroatoms. The lowest BCUT2D eigenvalue weighted by atomic mass is 10.1. The molecule has 2 aromatic carbocycles. The fraction of sp³-hybridized carbons (Fsp3) is 0.292. The zero-order valence-corrected chi connectivity index (χ0v) is 18.2. The van der Waals surface area contributed by atoms with E-state index in [1.165, 1.54) is 24.3 Å². The number of halogens is 1. The van der Waals surface area contributed by atoms with Crippen molar-refractivity contribution in [2.24, 2.45) is 17.3 Å². The Hall–Kier alpha value is -3.11. The molecule has 0 amide bonds. The van der Waals surface area contributed by atoms with Gasteiger partial charge < -0.3 is 9.47 Å². The van der Waals surface area contributed by atoms with E-state index in [2.05, 4.69) is 0 Å². The highest BCUT2D eigenvalue weighted by Gasteiger charge is 2.61. The molecule has 1 aliphatic carbocycles. The second-order valence-electron chi connectivity index (χ2n) is 7.76. The standard InChI is InChI=1S/C24H22FNO4S/c1-24(2)17(10-12-21(27)31-3)22(24)23(28)30-20(14-26)15-9-11-18(25)19(13-15)29-16-7-5-4-6-8-16/h4-13,17,20,22H,1-3H3/t17-,20?,22-/m0/s1. The van der Waals surface area contributed by atoms with E-state index in [4.69, 9.17) is 9.47 Å². The predicted octanol–water partition coefficient (Wildman–Crippen LogP) is 5.44. The smallest absolute Gasteiger partial charge is 0.311 e. The summed E-state index contributed by atoms with van der Waals surface area (Å²) < 4.78 is 25.2. The molecule has 1 aliphatic rings. The van der Waals surface area contributed by atoms with Gasteiger partial charge in [0.1, 0.15) is 11.8 Å². The zero-order chi connectivity index (χ0) is 22.6. The molecular weight excluding hydrogens is 417 g/mol. The molecular formula is C24H22FNO4S. The van der Waals surface area contributed by atoms with Crippen molar-refractivity contribution in [1.82, 2.24) is 0 Å². The Morgan fingerprint density at radius 1 is 1.23 bits per heavy atom. The van der Waals surface area contributed by atoms with E-state index in [0.717, 1.165) is 11.8 Å². The summed E-state index contributed by atoms with van der Waals surface area (Å²) in [6.45, 7) is 3.81. The minimum absolute atomic E-state index is 0.0665. The van der Waals surface area contributed by atoms with Crippen molar-refractivity contribution in [3.63, 3.8) is 0 Å².